The number of ether oxygens (including phenoxy) is 1. The summed E-state index contributed by atoms with van der Waals surface area (Å²) in [7, 11) is 0. The van der Waals surface area contributed by atoms with Crippen molar-refractivity contribution in [3.63, 3.8) is 0 Å². The fourth-order valence-electron chi connectivity index (χ4n) is 5.03. The van der Waals surface area contributed by atoms with Crippen molar-refractivity contribution < 1.29 is 26.7 Å². The van der Waals surface area contributed by atoms with E-state index < -0.39 is 24.7 Å². The minimum atomic E-state index is -4.42. The Kier molecular flexibility index (Phi) is 5.76. The van der Waals surface area contributed by atoms with Crippen molar-refractivity contribution in [1.82, 2.24) is 24.7 Å². The maximum atomic E-state index is 12.8. The molecule has 1 saturated heterocycles. The fourth-order valence-corrected chi connectivity index (χ4v) is 5.03. The largest absolute Gasteiger partial charge is 0.477 e. The Bertz CT molecular complexity index is 1150. The third-order valence-electron chi connectivity index (χ3n) is 6.76. The number of hydrogen-bond acceptors (Lipinski definition) is 6. The lowest BCUT2D eigenvalue weighted by molar-refractivity contribution is -0.137. The standard InChI is InChI=1S/C22H23F5N6O/c23-17(24)12-33-20-16(10-30-33)29-11-18(31-20)32-5-2-21(3-6-32)8-14(9-21)13-34-19-7-15(1-4-28-19)22(25,26)27/h1,4,7,10-11,14,17H,2-3,5-6,8-9,12-13H2. The van der Waals surface area contributed by atoms with Gasteiger partial charge >= 0.3 is 6.18 Å². The normalized spacial score (nSPS) is 18.6. The molecule has 0 unspecified atom stereocenters. The van der Waals surface area contributed by atoms with Crippen LogP contribution in [0.5, 0.6) is 5.88 Å². The van der Waals surface area contributed by atoms with Crippen LogP contribution in [0.2, 0.25) is 0 Å². The van der Waals surface area contributed by atoms with Gasteiger partial charge in [0.2, 0.25) is 5.88 Å². The molecular formula is C22H23F5N6O. The number of alkyl halides is 5. The van der Waals surface area contributed by atoms with Gasteiger partial charge in [0.1, 0.15) is 17.9 Å². The van der Waals surface area contributed by atoms with E-state index in [2.05, 4.69) is 25.0 Å². The molecule has 3 aromatic heterocycles. The van der Waals surface area contributed by atoms with Crippen LogP contribution in [0.1, 0.15) is 31.2 Å². The zero-order valence-corrected chi connectivity index (χ0v) is 18.2. The SMILES string of the molecule is FC(F)Cn1ncc2ncc(N3CCC4(CC3)CC(COc3cc(C(F)(F)F)ccn3)C4)nc21. The molecule has 5 rings (SSSR count). The fraction of sp³-hybridized carbons (Fsp3) is 0.545. The number of anilines is 1. The van der Waals surface area contributed by atoms with Crippen molar-refractivity contribution >= 4 is 17.0 Å². The van der Waals surface area contributed by atoms with Crippen LogP contribution in [-0.4, -0.2) is 50.9 Å². The molecule has 7 nitrogen and oxygen atoms in total. The lowest BCUT2D eigenvalue weighted by Gasteiger charge is -2.52. The molecule has 2 aliphatic rings. The molecule has 0 bridgehead atoms. The van der Waals surface area contributed by atoms with E-state index in [1.165, 1.54) is 10.9 Å². The number of hydrogen-bond donors (Lipinski definition) is 0. The molecule has 1 saturated carbocycles. The maximum Gasteiger partial charge on any atom is 0.416 e. The van der Waals surface area contributed by atoms with Crippen molar-refractivity contribution in [3.05, 3.63) is 36.3 Å². The number of nitrogens with zero attached hydrogens (tertiary/aromatic N) is 6. The number of halogens is 5. The minimum absolute atomic E-state index is 0.00866. The summed E-state index contributed by atoms with van der Waals surface area (Å²) in [6.45, 7) is 1.36. The van der Waals surface area contributed by atoms with E-state index in [1.807, 2.05) is 0 Å². The molecule has 0 atom stereocenters. The first kappa shape index (κ1) is 22.7. The summed E-state index contributed by atoms with van der Waals surface area (Å²) < 4.78 is 70.8. The second-order valence-electron chi connectivity index (χ2n) is 9.11. The van der Waals surface area contributed by atoms with Crippen LogP contribution in [0.25, 0.3) is 11.2 Å². The van der Waals surface area contributed by atoms with E-state index in [-0.39, 0.29) is 17.2 Å². The first-order chi connectivity index (χ1) is 16.2. The number of aromatic nitrogens is 5. The monoisotopic (exact) mass is 482 g/mol. The van der Waals surface area contributed by atoms with Gasteiger partial charge in [0.15, 0.2) is 5.65 Å². The molecule has 1 aliphatic heterocycles. The molecule has 0 N–H and O–H groups in total. The second kappa shape index (κ2) is 8.62. The smallest absolute Gasteiger partial charge is 0.416 e. The second-order valence-corrected chi connectivity index (χ2v) is 9.11. The highest BCUT2D eigenvalue weighted by atomic mass is 19.4. The average molecular weight is 482 g/mol. The van der Waals surface area contributed by atoms with Crippen molar-refractivity contribution in [3.8, 4) is 5.88 Å². The first-order valence-electron chi connectivity index (χ1n) is 11.1. The quantitative estimate of drug-likeness (QED) is 0.479. The zero-order valence-electron chi connectivity index (χ0n) is 18.2. The van der Waals surface area contributed by atoms with Crippen LogP contribution >= 0.6 is 0 Å². The Labute approximate surface area is 192 Å². The molecule has 1 aliphatic carbocycles. The van der Waals surface area contributed by atoms with E-state index in [9.17, 15) is 22.0 Å². The lowest BCUT2D eigenvalue weighted by atomic mass is 9.58. The molecule has 2 fully saturated rings. The highest BCUT2D eigenvalue weighted by Crippen LogP contribution is 2.52. The van der Waals surface area contributed by atoms with Gasteiger partial charge in [-0.1, -0.05) is 0 Å². The van der Waals surface area contributed by atoms with Crippen molar-refractivity contribution in [2.75, 3.05) is 24.6 Å². The van der Waals surface area contributed by atoms with Gasteiger partial charge in [0, 0.05) is 25.4 Å². The Morgan fingerprint density at radius 2 is 1.88 bits per heavy atom. The van der Waals surface area contributed by atoms with Gasteiger partial charge in [-0.25, -0.2) is 28.4 Å². The number of pyridine rings is 1. The molecule has 1 spiro atoms. The van der Waals surface area contributed by atoms with Crippen LogP contribution < -0.4 is 9.64 Å². The molecular weight excluding hydrogens is 459 g/mol. The summed E-state index contributed by atoms with van der Waals surface area (Å²) in [5.74, 6) is 0.918. The molecule has 34 heavy (non-hydrogen) atoms. The Balaban J connectivity index is 1.14. The summed E-state index contributed by atoms with van der Waals surface area (Å²) in [5.41, 5.74) is 0.256. The summed E-state index contributed by atoms with van der Waals surface area (Å²) in [6.07, 6.45) is 1.03. The highest BCUT2D eigenvalue weighted by Gasteiger charge is 2.46. The molecule has 0 aromatic carbocycles. The van der Waals surface area contributed by atoms with Crippen LogP contribution in [0.15, 0.2) is 30.7 Å². The van der Waals surface area contributed by atoms with Crippen LogP contribution in [0.4, 0.5) is 27.8 Å². The molecule has 4 heterocycles. The first-order valence-corrected chi connectivity index (χ1v) is 11.1. The van der Waals surface area contributed by atoms with Gasteiger partial charge in [-0.3, -0.25) is 0 Å². The minimum Gasteiger partial charge on any atom is -0.477 e. The summed E-state index contributed by atoms with van der Waals surface area (Å²) >= 11 is 0. The molecule has 12 heteroatoms. The van der Waals surface area contributed by atoms with Gasteiger partial charge in [-0.05, 0) is 43.1 Å². The number of fused-ring (bicyclic) bond motifs is 1. The van der Waals surface area contributed by atoms with E-state index in [0.717, 1.165) is 57.1 Å². The van der Waals surface area contributed by atoms with Gasteiger partial charge in [-0.2, -0.15) is 18.3 Å². The Morgan fingerprint density at radius 1 is 1.12 bits per heavy atom. The molecule has 0 amide bonds. The molecule has 182 valence electrons. The molecule has 0 radical (unpaired) electrons. The predicted octanol–water partition coefficient (Wildman–Crippen LogP) is 4.58. The van der Waals surface area contributed by atoms with Gasteiger partial charge < -0.3 is 9.64 Å². The van der Waals surface area contributed by atoms with Gasteiger partial charge in [-0.15, -0.1) is 0 Å². The van der Waals surface area contributed by atoms with Crippen LogP contribution in [0.3, 0.4) is 0 Å². The maximum absolute atomic E-state index is 12.8. The van der Waals surface area contributed by atoms with E-state index in [0.29, 0.717) is 23.6 Å². The van der Waals surface area contributed by atoms with Gasteiger partial charge in [0.25, 0.3) is 6.43 Å². The third-order valence-corrected chi connectivity index (χ3v) is 6.76. The van der Waals surface area contributed by atoms with Crippen molar-refractivity contribution in [2.24, 2.45) is 11.3 Å². The van der Waals surface area contributed by atoms with E-state index in [1.54, 1.807) is 6.20 Å². The molecule has 3 aromatic rings. The van der Waals surface area contributed by atoms with Crippen LogP contribution in [0, 0.1) is 11.3 Å². The topological polar surface area (TPSA) is 69.0 Å². The Hall–Kier alpha value is -3.05. The van der Waals surface area contributed by atoms with Crippen molar-refractivity contribution in [1.29, 1.82) is 0 Å². The highest BCUT2D eigenvalue weighted by molar-refractivity contribution is 5.71. The third kappa shape index (κ3) is 4.62. The summed E-state index contributed by atoms with van der Waals surface area (Å²) in [4.78, 5) is 14.8. The summed E-state index contributed by atoms with van der Waals surface area (Å²) in [5, 5.41) is 3.95. The Morgan fingerprint density at radius 3 is 2.59 bits per heavy atom. The van der Waals surface area contributed by atoms with Crippen LogP contribution in [-0.2, 0) is 12.7 Å². The average Bonchev–Trinajstić information content (AvgIpc) is 3.17. The number of piperidine rings is 1. The predicted molar refractivity (Wildman–Crippen MR) is 113 cm³/mol. The van der Waals surface area contributed by atoms with E-state index in [4.69, 9.17) is 4.74 Å². The zero-order chi connectivity index (χ0) is 23.9. The van der Waals surface area contributed by atoms with E-state index >= 15 is 0 Å². The van der Waals surface area contributed by atoms with Gasteiger partial charge in [0.05, 0.1) is 24.6 Å². The number of rotatable bonds is 6. The lowest BCUT2D eigenvalue weighted by Crippen LogP contribution is -2.48. The summed E-state index contributed by atoms with van der Waals surface area (Å²) in [6, 6.07) is 1.85. The van der Waals surface area contributed by atoms with Crippen molar-refractivity contribution in [2.45, 2.75) is 44.8 Å².